The van der Waals surface area contributed by atoms with E-state index < -0.39 is 23.5 Å². The average molecular weight is 479 g/mol. The second-order valence-electron chi connectivity index (χ2n) is 6.66. The first-order chi connectivity index (χ1) is 16.1. The predicted octanol–water partition coefficient (Wildman–Crippen LogP) is 8.28. The number of alkyl halides is 6. The van der Waals surface area contributed by atoms with Crippen LogP contribution in [-0.2, 0) is 12.4 Å². The fourth-order valence-electron chi connectivity index (χ4n) is 3.02. The lowest BCUT2D eigenvalue weighted by Crippen LogP contribution is -2.06. The van der Waals surface area contributed by atoms with E-state index in [0.717, 1.165) is 24.3 Å². The normalized spacial score (nSPS) is 12.4. The van der Waals surface area contributed by atoms with Crippen LogP contribution in [0.1, 0.15) is 31.9 Å². The topological polar surface area (TPSA) is 30.7 Å². The Bertz CT molecular complexity index is 1070. The molecular formula is C25H23F6N3. The Morgan fingerprint density at radius 2 is 1.15 bits per heavy atom. The van der Waals surface area contributed by atoms with Crippen molar-refractivity contribution in [1.82, 2.24) is 14.8 Å². The van der Waals surface area contributed by atoms with Gasteiger partial charge in [-0.25, -0.2) is 0 Å². The molecule has 0 N–H and O–H groups in total. The third-order valence-corrected chi connectivity index (χ3v) is 4.49. The molecule has 0 atom stereocenters. The SMILES string of the molecule is C=C/C=C(\C=C/C)n1c(-c2ccc(C(F)(F)F)cc2)nnc1-c1ccc(C(F)(F)F)cc1.CC. The maximum Gasteiger partial charge on any atom is 0.416 e. The molecule has 9 heteroatoms. The second kappa shape index (κ2) is 11.0. The molecule has 0 radical (unpaired) electrons. The van der Waals surface area contributed by atoms with Gasteiger partial charge < -0.3 is 0 Å². The highest BCUT2D eigenvalue weighted by Gasteiger charge is 2.31. The molecule has 0 saturated heterocycles. The highest BCUT2D eigenvalue weighted by atomic mass is 19.4. The molecule has 0 bridgehead atoms. The van der Waals surface area contributed by atoms with Crippen molar-refractivity contribution >= 4 is 5.70 Å². The van der Waals surface area contributed by atoms with Crippen molar-refractivity contribution < 1.29 is 26.3 Å². The molecule has 0 amide bonds. The first kappa shape index (κ1) is 26.6. The monoisotopic (exact) mass is 479 g/mol. The summed E-state index contributed by atoms with van der Waals surface area (Å²) in [6.45, 7) is 9.42. The van der Waals surface area contributed by atoms with E-state index in [1.165, 1.54) is 30.3 Å². The first-order valence-corrected chi connectivity index (χ1v) is 10.3. The van der Waals surface area contributed by atoms with Gasteiger partial charge in [-0.2, -0.15) is 26.3 Å². The van der Waals surface area contributed by atoms with Crippen LogP contribution in [0.25, 0.3) is 28.5 Å². The van der Waals surface area contributed by atoms with Gasteiger partial charge in [0.15, 0.2) is 11.6 Å². The van der Waals surface area contributed by atoms with E-state index >= 15 is 0 Å². The summed E-state index contributed by atoms with van der Waals surface area (Å²) < 4.78 is 79.1. The van der Waals surface area contributed by atoms with Crippen molar-refractivity contribution in [3.05, 3.63) is 90.5 Å². The van der Waals surface area contributed by atoms with Crippen molar-refractivity contribution in [1.29, 1.82) is 0 Å². The fraction of sp³-hybridized carbons (Fsp3) is 0.200. The Labute approximate surface area is 193 Å². The summed E-state index contributed by atoms with van der Waals surface area (Å²) in [7, 11) is 0. The van der Waals surface area contributed by atoms with Gasteiger partial charge in [-0.3, -0.25) is 4.57 Å². The molecule has 34 heavy (non-hydrogen) atoms. The zero-order chi connectivity index (χ0) is 25.5. The number of hydrogen-bond acceptors (Lipinski definition) is 2. The van der Waals surface area contributed by atoms with Gasteiger partial charge in [-0.15, -0.1) is 10.2 Å². The van der Waals surface area contributed by atoms with E-state index in [-0.39, 0.29) is 11.6 Å². The number of allylic oxidation sites excluding steroid dienone is 5. The van der Waals surface area contributed by atoms with Crippen LogP contribution in [0.3, 0.4) is 0 Å². The van der Waals surface area contributed by atoms with Crippen LogP contribution in [0.4, 0.5) is 26.3 Å². The Morgan fingerprint density at radius 1 is 0.765 bits per heavy atom. The Hall–Kier alpha value is -3.62. The smallest absolute Gasteiger partial charge is 0.275 e. The summed E-state index contributed by atoms with van der Waals surface area (Å²) in [5.74, 6) is 0.444. The summed E-state index contributed by atoms with van der Waals surface area (Å²) in [6.07, 6.45) is -2.42. The molecule has 0 spiro atoms. The van der Waals surface area contributed by atoms with Crippen LogP contribution in [0.2, 0.25) is 0 Å². The molecule has 0 saturated carbocycles. The van der Waals surface area contributed by atoms with Gasteiger partial charge in [0.1, 0.15) is 0 Å². The van der Waals surface area contributed by atoms with Crippen molar-refractivity contribution in [3.63, 3.8) is 0 Å². The van der Waals surface area contributed by atoms with Gasteiger partial charge >= 0.3 is 12.4 Å². The minimum atomic E-state index is -4.49. The quantitative estimate of drug-likeness (QED) is 0.272. The standard InChI is InChI=1S/C23H17F6N3.C2H6/c1-3-5-19(6-4-2)32-20(15-7-11-17(12-8-15)22(24,25)26)30-31-21(32)16-9-13-18(14-10-16)23(27,28)29;1-2/h3-14H,1H2,2H3;1-2H3/b6-4-,19-5+;. The number of benzene rings is 2. The summed E-state index contributed by atoms with van der Waals surface area (Å²) in [4.78, 5) is 0. The minimum absolute atomic E-state index is 0.222. The van der Waals surface area contributed by atoms with Crippen LogP contribution in [0.15, 0.2) is 79.4 Å². The number of nitrogens with zero attached hydrogens (tertiary/aromatic N) is 3. The van der Waals surface area contributed by atoms with Gasteiger partial charge in [0, 0.05) is 16.8 Å². The van der Waals surface area contributed by atoms with E-state index in [1.807, 2.05) is 13.8 Å². The van der Waals surface area contributed by atoms with E-state index in [1.54, 1.807) is 29.7 Å². The first-order valence-electron chi connectivity index (χ1n) is 10.3. The zero-order valence-corrected chi connectivity index (χ0v) is 18.7. The highest BCUT2D eigenvalue weighted by molar-refractivity contribution is 5.74. The molecule has 3 aromatic rings. The Morgan fingerprint density at radius 3 is 1.44 bits per heavy atom. The largest absolute Gasteiger partial charge is 0.416 e. The molecule has 2 aromatic carbocycles. The molecule has 0 aliphatic rings. The molecule has 180 valence electrons. The molecular weight excluding hydrogens is 456 g/mol. The van der Waals surface area contributed by atoms with E-state index in [0.29, 0.717) is 16.8 Å². The maximum atomic E-state index is 12.9. The molecule has 0 aliphatic carbocycles. The van der Waals surface area contributed by atoms with Crippen molar-refractivity contribution in [3.8, 4) is 22.8 Å². The van der Waals surface area contributed by atoms with Gasteiger partial charge in [0.2, 0.25) is 0 Å². The Balaban J connectivity index is 0.00000199. The average Bonchev–Trinajstić information content (AvgIpc) is 3.24. The molecule has 3 rings (SSSR count). The summed E-state index contributed by atoms with van der Waals surface area (Å²) in [6, 6.07) is 8.78. The maximum absolute atomic E-state index is 12.9. The van der Waals surface area contributed by atoms with Gasteiger partial charge in [-0.1, -0.05) is 56.8 Å². The second-order valence-corrected chi connectivity index (χ2v) is 6.66. The molecule has 0 fully saturated rings. The van der Waals surface area contributed by atoms with Crippen molar-refractivity contribution in [2.75, 3.05) is 0 Å². The molecule has 0 unspecified atom stereocenters. The van der Waals surface area contributed by atoms with E-state index in [2.05, 4.69) is 16.8 Å². The van der Waals surface area contributed by atoms with Crippen LogP contribution in [-0.4, -0.2) is 14.8 Å². The lowest BCUT2D eigenvalue weighted by molar-refractivity contribution is -0.138. The molecule has 0 aliphatic heterocycles. The van der Waals surface area contributed by atoms with Crippen LogP contribution >= 0.6 is 0 Å². The van der Waals surface area contributed by atoms with Gasteiger partial charge in [-0.05, 0) is 43.3 Å². The molecule has 1 heterocycles. The lowest BCUT2D eigenvalue weighted by atomic mass is 10.1. The third-order valence-electron chi connectivity index (χ3n) is 4.49. The minimum Gasteiger partial charge on any atom is -0.275 e. The van der Waals surface area contributed by atoms with Gasteiger partial charge in [0.05, 0.1) is 11.1 Å². The van der Waals surface area contributed by atoms with Crippen molar-refractivity contribution in [2.24, 2.45) is 0 Å². The number of aromatic nitrogens is 3. The Kier molecular flexibility index (Phi) is 8.62. The number of halogens is 6. The third kappa shape index (κ3) is 6.03. The summed E-state index contributed by atoms with van der Waals surface area (Å²) >= 11 is 0. The summed E-state index contributed by atoms with van der Waals surface area (Å²) in [5, 5.41) is 8.22. The van der Waals surface area contributed by atoms with E-state index in [9.17, 15) is 26.3 Å². The molecule has 1 aromatic heterocycles. The summed E-state index contributed by atoms with van der Waals surface area (Å²) in [5.41, 5.74) is -0.403. The number of hydrogen-bond donors (Lipinski definition) is 0. The molecule has 3 nitrogen and oxygen atoms in total. The fourth-order valence-corrected chi connectivity index (χ4v) is 3.02. The van der Waals surface area contributed by atoms with Crippen LogP contribution < -0.4 is 0 Å². The van der Waals surface area contributed by atoms with Crippen molar-refractivity contribution in [2.45, 2.75) is 33.1 Å². The number of rotatable bonds is 5. The van der Waals surface area contributed by atoms with Crippen LogP contribution in [0.5, 0.6) is 0 Å². The van der Waals surface area contributed by atoms with Gasteiger partial charge in [0.25, 0.3) is 0 Å². The highest BCUT2D eigenvalue weighted by Crippen LogP contribution is 2.34. The lowest BCUT2D eigenvalue weighted by Gasteiger charge is -2.13. The van der Waals surface area contributed by atoms with Crippen LogP contribution in [0, 0.1) is 0 Å². The predicted molar refractivity (Wildman–Crippen MR) is 122 cm³/mol. The zero-order valence-electron chi connectivity index (χ0n) is 18.7. The van der Waals surface area contributed by atoms with E-state index in [4.69, 9.17) is 0 Å².